The second-order valence-corrected chi connectivity index (χ2v) is 5.42. The Morgan fingerprint density at radius 3 is 2.75 bits per heavy atom. The van der Waals surface area contributed by atoms with Crippen molar-refractivity contribution in [3.8, 4) is 0 Å². The van der Waals surface area contributed by atoms with E-state index in [2.05, 4.69) is 17.6 Å². The third kappa shape index (κ3) is 3.31. The van der Waals surface area contributed by atoms with Crippen LogP contribution in [0.3, 0.4) is 0 Å². The van der Waals surface area contributed by atoms with Crippen molar-refractivity contribution in [2.75, 3.05) is 19.5 Å². The molecular weight excluding hydrogens is 252 g/mol. The van der Waals surface area contributed by atoms with Crippen LogP contribution in [0, 0.1) is 6.92 Å². The van der Waals surface area contributed by atoms with Crippen LogP contribution in [0.15, 0.2) is 18.2 Å². The third-order valence-electron chi connectivity index (χ3n) is 4.07. The predicted molar refractivity (Wildman–Crippen MR) is 81.2 cm³/mol. The average molecular weight is 276 g/mol. The number of benzene rings is 1. The number of carbonyl (C=O) groups is 1. The summed E-state index contributed by atoms with van der Waals surface area (Å²) in [4.78, 5) is 11.7. The minimum Gasteiger partial charge on any atom is -0.379 e. The Kier molecular flexibility index (Phi) is 5.01. The number of methoxy groups -OCH3 is 1. The molecule has 1 amide bonds. The highest BCUT2D eigenvalue weighted by Gasteiger charge is 2.25. The molecular formula is C16H24N2O2. The minimum absolute atomic E-state index is 0.0556. The molecule has 2 rings (SSSR count). The van der Waals surface area contributed by atoms with Crippen molar-refractivity contribution in [1.82, 2.24) is 5.32 Å². The van der Waals surface area contributed by atoms with Gasteiger partial charge in [-0.05, 0) is 37.5 Å². The highest BCUT2D eigenvalue weighted by molar-refractivity contribution is 5.95. The number of amides is 1. The average Bonchev–Trinajstić information content (AvgIpc) is 2.49. The van der Waals surface area contributed by atoms with Gasteiger partial charge in [0, 0.05) is 25.4 Å². The standard InChI is InChI=1S/C16H24N2O2/c1-11-8-9-12(16(19)17-2)10-14(11)18-13-6-4-5-7-15(13)20-3/h8-10,13,15,18H,4-7H2,1-3H3,(H,17,19). The van der Waals surface area contributed by atoms with Crippen molar-refractivity contribution in [2.24, 2.45) is 0 Å². The quantitative estimate of drug-likeness (QED) is 0.889. The van der Waals surface area contributed by atoms with E-state index in [0.717, 1.165) is 24.1 Å². The summed E-state index contributed by atoms with van der Waals surface area (Å²) in [6.45, 7) is 2.06. The van der Waals surface area contributed by atoms with Gasteiger partial charge in [-0.2, -0.15) is 0 Å². The van der Waals surface area contributed by atoms with Crippen LogP contribution in [-0.2, 0) is 4.74 Å². The smallest absolute Gasteiger partial charge is 0.251 e. The number of rotatable bonds is 4. The van der Waals surface area contributed by atoms with Gasteiger partial charge in [0.05, 0.1) is 12.1 Å². The zero-order valence-corrected chi connectivity index (χ0v) is 12.5. The number of ether oxygens (including phenoxy) is 1. The number of anilines is 1. The molecule has 0 saturated heterocycles. The Balaban J connectivity index is 2.17. The van der Waals surface area contributed by atoms with E-state index in [0.29, 0.717) is 11.6 Å². The maximum atomic E-state index is 11.7. The summed E-state index contributed by atoms with van der Waals surface area (Å²) in [6, 6.07) is 6.09. The van der Waals surface area contributed by atoms with Crippen molar-refractivity contribution in [2.45, 2.75) is 44.8 Å². The van der Waals surface area contributed by atoms with Gasteiger partial charge < -0.3 is 15.4 Å². The van der Waals surface area contributed by atoms with Crippen LogP contribution in [0.4, 0.5) is 5.69 Å². The van der Waals surface area contributed by atoms with Crippen molar-refractivity contribution < 1.29 is 9.53 Å². The molecule has 110 valence electrons. The molecule has 20 heavy (non-hydrogen) atoms. The molecule has 4 nitrogen and oxygen atoms in total. The molecule has 1 aromatic rings. The topological polar surface area (TPSA) is 50.4 Å². The maximum Gasteiger partial charge on any atom is 0.251 e. The lowest BCUT2D eigenvalue weighted by Crippen LogP contribution is -2.38. The first-order chi connectivity index (χ1) is 9.65. The fraction of sp³-hybridized carbons (Fsp3) is 0.562. The molecule has 0 heterocycles. The summed E-state index contributed by atoms with van der Waals surface area (Å²) in [6.07, 6.45) is 4.93. The molecule has 0 aromatic heterocycles. The Morgan fingerprint density at radius 1 is 1.30 bits per heavy atom. The lowest BCUT2D eigenvalue weighted by molar-refractivity contribution is 0.0606. The van der Waals surface area contributed by atoms with Gasteiger partial charge in [-0.25, -0.2) is 0 Å². The van der Waals surface area contributed by atoms with Crippen LogP contribution < -0.4 is 10.6 Å². The van der Waals surface area contributed by atoms with Crippen molar-refractivity contribution in [3.05, 3.63) is 29.3 Å². The molecule has 1 fully saturated rings. The van der Waals surface area contributed by atoms with E-state index in [4.69, 9.17) is 4.74 Å². The number of nitrogens with one attached hydrogen (secondary N) is 2. The highest BCUT2D eigenvalue weighted by atomic mass is 16.5. The Morgan fingerprint density at radius 2 is 2.05 bits per heavy atom. The fourth-order valence-electron chi connectivity index (χ4n) is 2.81. The van der Waals surface area contributed by atoms with Crippen LogP contribution in [0.5, 0.6) is 0 Å². The Hall–Kier alpha value is -1.55. The van der Waals surface area contributed by atoms with Gasteiger partial charge in [0.2, 0.25) is 0 Å². The van der Waals surface area contributed by atoms with Crippen LogP contribution in [0.2, 0.25) is 0 Å². The summed E-state index contributed by atoms with van der Waals surface area (Å²) in [5.41, 5.74) is 2.86. The first-order valence-electron chi connectivity index (χ1n) is 7.27. The lowest BCUT2D eigenvalue weighted by Gasteiger charge is -2.32. The summed E-state index contributed by atoms with van der Waals surface area (Å²) in [7, 11) is 3.43. The third-order valence-corrected chi connectivity index (χ3v) is 4.07. The Bertz CT molecular complexity index is 474. The molecule has 0 bridgehead atoms. The molecule has 1 aliphatic rings. The molecule has 2 atom stereocenters. The maximum absolute atomic E-state index is 11.7. The van der Waals surface area contributed by atoms with Gasteiger partial charge in [-0.1, -0.05) is 18.9 Å². The lowest BCUT2D eigenvalue weighted by atomic mass is 9.92. The van der Waals surface area contributed by atoms with E-state index in [1.807, 2.05) is 18.2 Å². The first kappa shape index (κ1) is 14.9. The van der Waals surface area contributed by atoms with Crippen LogP contribution in [-0.4, -0.2) is 32.2 Å². The molecule has 0 radical (unpaired) electrons. The zero-order chi connectivity index (χ0) is 14.5. The first-order valence-corrected chi connectivity index (χ1v) is 7.27. The van der Waals surface area contributed by atoms with Crippen molar-refractivity contribution >= 4 is 11.6 Å². The normalized spacial score (nSPS) is 22.4. The molecule has 0 spiro atoms. The number of aryl methyl sites for hydroxylation is 1. The van der Waals surface area contributed by atoms with Gasteiger partial charge in [-0.15, -0.1) is 0 Å². The van der Waals surface area contributed by atoms with Crippen LogP contribution >= 0.6 is 0 Å². The van der Waals surface area contributed by atoms with Gasteiger partial charge in [-0.3, -0.25) is 4.79 Å². The van der Waals surface area contributed by atoms with Gasteiger partial charge in [0.1, 0.15) is 0 Å². The van der Waals surface area contributed by atoms with Gasteiger partial charge in [0.15, 0.2) is 0 Å². The molecule has 2 N–H and O–H groups in total. The summed E-state index contributed by atoms with van der Waals surface area (Å²) in [5, 5.41) is 6.22. The van der Waals surface area contributed by atoms with E-state index < -0.39 is 0 Å². The molecule has 1 saturated carbocycles. The summed E-state index contributed by atoms with van der Waals surface area (Å²) >= 11 is 0. The zero-order valence-electron chi connectivity index (χ0n) is 12.5. The van der Waals surface area contributed by atoms with Crippen molar-refractivity contribution in [1.29, 1.82) is 0 Å². The van der Waals surface area contributed by atoms with E-state index in [1.165, 1.54) is 12.8 Å². The predicted octanol–water partition coefficient (Wildman–Crippen LogP) is 2.72. The van der Waals surface area contributed by atoms with E-state index in [-0.39, 0.29) is 12.0 Å². The largest absolute Gasteiger partial charge is 0.379 e. The highest BCUT2D eigenvalue weighted by Crippen LogP contribution is 2.26. The number of carbonyl (C=O) groups excluding carboxylic acids is 1. The SMILES string of the molecule is CNC(=O)c1ccc(C)c(NC2CCCCC2OC)c1. The molecule has 4 heteroatoms. The van der Waals surface area contributed by atoms with Crippen LogP contribution in [0.1, 0.15) is 41.6 Å². The summed E-state index contributed by atoms with van der Waals surface area (Å²) in [5.74, 6) is -0.0556. The van der Waals surface area contributed by atoms with Gasteiger partial charge >= 0.3 is 0 Å². The second-order valence-electron chi connectivity index (χ2n) is 5.42. The molecule has 2 unspecified atom stereocenters. The van der Waals surface area contributed by atoms with E-state index >= 15 is 0 Å². The monoisotopic (exact) mass is 276 g/mol. The minimum atomic E-state index is -0.0556. The fourth-order valence-corrected chi connectivity index (χ4v) is 2.81. The molecule has 1 aromatic carbocycles. The number of hydrogen-bond acceptors (Lipinski definition) is 3. The summed E-state index contributed by atoms with van der Waals surface area (Å²) < 4.78 is 5.57. The second kappa shape index (κ2) is 6.75. The van der Waals surface area contributed by atoms with Crippen LogP contribution in [0.25, 0.3) is 0 Å². The molecule has 1 aliphatic carbocycles. The van der Waals surface area contributed by atoms with Crippen molar-refractivity contribution in [3.63, 3.8) is 0 Å². The van der Waals surface area contributed by atoms with E-state index in [9.17, 15) is 4.79 Å². The number of hydrogen-bond donors (Lipinski definition) is 2. The molecule has 0 aliphatic heterocycles. The van der Waals surface area contributed by atoms with Gasteiger partial charge in [0.25, 0.3) is 5.91 Å². The Labute approximate surface area is 120 Å². The van der Waals surface area contributed by atoms with E-state index in [1.54, 1.807) is 14.2 Å².